The van der Waals surface area contributed by atoms with Crippen molar-refractivity contribution in [3.8, 4) is 23.3 Å². The second-order valence-corrected chi connectivity index (χ2v) is 3.18. The molecule has 0 aliphatic heterocycles. The van der Waals surface area contributed by atoms with Gasteiger partial charge in [0.2, 0.25) is 0 Å². The quantitative estimate of drug-likeness (QED) is 0.581. The van der Waals surface area contributed by atoms with Gasteiger partial charge in [-0.1, -0.05) is 11.8 Å². The lowest BCUT2D eigenvalue weighted by molar-refractivity contribution is 0.112. The summed E-state index contributed by atoms with van der Waals surface area (Å²) in [6, 6.07) is 1.35. The molecular formula is C12H12O4. The lowest BCUT2D eigenvalue weighted by Gasteiger charge is -2.06. The van der Waals surface area contributed by atoms with Crippen molar-refractivity contribution < 1.29 is 19.7 Å². The fraction of sp³-hybridized carbons (Fsp3) is 0.250. The highest BCUT2D eigenvalue weighted by molar-refractivity contribution is 5.85. The minimum absolute atomic E-state index is 0.0823. The average molecular weight is 220 g/mol. The van der Waals surface area contributed by atoms with E-state index in [9.17, 15) is 15.0 Å². The number of phenols is 2. The molecule has 0 unspecified atom stereocenters. The fourth-order valence-electron chi connectivity index (χ4n) is 1.20. The maximum absolute atomic E-state index is 10.8. The van der Waals surface area contributed by atoms with Gasteiger partial charge in [0.1, 0.15) is 18.1 Å². The van der Waals surface area contributed by atoms with E-state index in [1.54, 1.807) is 0 Å². The number of carbonyl (C=O) groups excluding carboxylic acids is 1. The molecular weight excluding hydrogens is 208 g/mol. The zero-order valence-electron chi connectivity index (χ0n) is 9.07. The van der Waals surface area contributed by atoms with E-state index < -0.39 is 0 Å². The van der Waals surface area contributed by atoms with Crippen LogP contribution in [-0.2, 0) is 4.74 Å². The van der Waals surface area contributed by atoms with Gasteiger partial charge in [-0.05, 0) is 13.0 Å². The first-order valence-corrected chi connectivity index (χ1v) is 4.60. The number of phenolic OH excluding ortho intramolecular Hbond substituents is 2. The van der Waals surface area contributed by atoms with Gasteiger partial charge in [0.15, 0.2) is 6.29 Å². The van der Waals surface area contributed by atoms with Crippen molar-refractivity contribution in [2.45, 2.75) is 6.92 Å². The Hall–Kier alpha value is -1.99. The Morgan fingerprint density at radius 3 is 2.75 bits per heavy atom. The largest absolute Gasteiger partial charge is 0.507 e. The highest BCUT2D eigenvalue weighted by atomic mass is 16.5. The molecule has 16 heavy (non-hydrogen) atoms. The molecule has 0 spiro atoms. The molecule has 1 aromatic carbocycles. The normalized spacial score (nSPS) is 9.38. The molecule has 0 fully saturated rings. The molecule has 2 N–H and O–H groups in total. The molecule has 0 aromatic heterocycles. The second kappa shape index (κ2) is 5.19. The van der Waals surface area contributed by atoms with Gasteiger partial charge in [0, 0.05) is 18.2 Å². The van der Waals surface area contributed by atoms with Crippen LogP contribution in [0.5, 0.6) is 11.5 Å². The third-order valence-electron chi connectivity index (χ3n) is 2.12. The average Bonchev–Trinajstić information content (AvgIpc) is 2.27. The number of carbonyl (C=O) groups is 1. The lowest BCUT2D eigenvalue weighted by atomic mass is 10.0. The van der Waals surface area contributed by atoms with Crippen molar-refractivity contribution in [2.75, 3.05) is 13.7 Å². The van der Waals surface area contributed by atoms with E-state index in [2.05, 4.69) is 11.8 Å². The van der Waals surface area contributed by atoms with Crippen LogP contribution in [-0.4, -0.2) is 30.2 Å². The standard InChI is InChI=1S/C12H12O4/c1-8-11(14)6-9(4-3-5-16-2)10(7-13)12(8)15/h6-7,14-15H,5H2,1-2H3. The molecule has 4 heteroatoms. The third-order valence-corrected chi connectivity index (χ3v) is 2.12. The monoisotopic (exact) mass is 220 g/mol. The number of hydrogen-bond acceptors (Lipinski definition) is 4. The first kappa shape index (κ1) is 12.1. The summed E-state index contributed by atoms with van der Waals surface area (Å²) in [6.45, 7) is 1.73. The molecule has 4 nitrogen and oxygen atoms in total. The lowest BCUT2D eigenvalue weighted by Crippen LogP contribution is -1.92. The number of hydrogen-bond donors (Lipinski definition) is 2. The Labute approximate surface area is 93.5 Å². The zero-order chi connectivity index (χ0) is 12.1. The topological polar surface area (TPSA) is 66.8 Å². The molecule has 0 atom stereocenters. The van der Waals surface area contributed by atoms with Crippen LogP contribution in [0, 0.1) is 18.8 Å². The minimum atomic E-state index is -0.239. The number of aromatic hydroxyl groups is 2. The van der Waals surface area contributed by atoms with Crippen LogP contribution >= 0.6 is 0 Å². The van der Waals surface area contributed by atoms with Gasteiger partial charge < -0.3 is 14.9 Å². The van der Waals surface area contributed by atoms with Crippen LogP contribution in [0.1, 0.15) is 21.5 Å². The molecule has 0 saturated heterocycles. The number of aldehydes is 1. The molecule has 1 rings (SSSR count). The Bertz CT molecular complexity index is 466. The maximum atomic E-state index is 10.8. The van der Waals surface area contributed by atoms with Crippen LogP contribution in [0.15, 0.2) is 6.07 Å². The number of rotatable bonds is 2. The summed E-state index contributed by atoms with van der Waals surface area (Å²) >= 11 is 0. The van der Waals surface area contributed by atoms with Crippen LogP contribution in [0.25, 0.3) is 0 Å². The third kappa shape index (κ3) is 2.33. The first-order valence-electron chi connectivity index (χ1n) is 4.60. The van der Waals surface area contributed by atoms with E-state index in [-0.39, 0.29) is 34.8 Å². The Morgan fingerprint density at radius 1 is 1.50 bits per heavy atom. The Morgan fingerprint density at radius 2 is 2.19 bits per heavy atom. The van der Waals surface area contributed by atoms with E-state index in [1.165, 1.54) is 20.1 Å². The molecule has 0 heterocycles. The van der Waals surface area contributed by atoms with Crippen LogP contribution in [0.4, 0.5) is 0 Å². The molecule has 0 radical (unpaired) electrons. The summed E-state index contributed by atoms with van der Waals surface area (Å²) < 4.78 is 4.73. The van der Waals surface area contributed by atoms with Gasteiger partial charge in [0.25, 0.3) is 0 Å². The Kier molecular flexibility index (Phi) is 3.92. The van der Waals surface area contributed by atoms with Crippen LogP contribution in [0.2, 0.25) is 0 Å². The number of benzene rings is 1. The van der Waals surface area contributed by atoms with Crippen molar-refractivity contribution in [1.29, 1.82) is 0 Å². The van der Waals surface area contributed by atoms with Crippen LogP contribution < -0.4 is 0 Å². The SMILES string of the molecule is COCC#Cc1cc(O)c(C)c(O)c1C=O. The van der Waals surface area contributed by atoms with Gasteiger partial charge >= 0.3 is 0 Å². The number of ether oxygens (including phenoxy) is 1. The smallest absolute Gasteiger partial charge is 0.155 e. The molecule has 0 amide bonds. The van der Waals surface area contributed by atoms with E-state index >= 15 is 0 Å². The fourth-order valence-corrected chi connectivity index (χ4v) is 1.20. The summed E-state index contributed by atoms with van der Waals surface area (Å²) in [4.78, 5) is 10.8. The molecule has 0 bridgehead atoms. The van der Waals surface area contributed by atoms with Crippen molar-refractivity contribution in [2.24, 2.45) is 0 Å². The Balaban J connectivity index is 3.29. The molecule has 0 aliphatic rings. The molecule has 84 valence electrons. The van der Waals surface area contributed by atoms with Crippen molar-refractivity contribution >= 4 is 6.29 Å². The zero-order valence-corrected chi connectivity index (χ0v) is 9.07. The predicted octanol–water partition coefficient (Wildman–Crippen LogP) is 1.22. The molecule has 0 aliphatic carbocycles. The van der Waals surface area contributed by atoms with E-state index in [4.69, 9.17) is 4.74 Å². The van der Waals surface area contributed by atoms with Gasteiger partial charge in [-0.2, -0.15) is 0 Å². The van der Waals surface area contributed by atoms with Gasteiger partial charge in [-0.3, -0.25) is 4.79 Å². The van der Waals surface area contributed by atoms with Gasteiger partial charge in [-0.15, -0.1) is 0 Å². The minimum Gasteiger partial charge on any atom is -0.507 e. The van der Waals surface area contributed by atoms with Crippen molar-refractivity contribution in [1.82, 2.24) is 0 Å². The first-order chi connectivity index (χ1) is 7.61. The van der Waals surface area contributed by atoms with E-state index in [0.29, 0.717) is 6.29 Å². The summed E-state index contributed by atoms with van der Waals surface area (Å²) in [5.74, 6) is 4.96. The maximum Gasteiger partial charge on any atom is 0.155 e. The summed E-state index contributed by atoms with van der Waals surface area (Å²) in [6.07, 6.45) is 0.512. The van der Waals surface area contributed by atoms with Crippen LogP contribution in [0.3, 0.4) is 0 Å². The predicted molar refractivity (Wildman–Crippen MR) is 58.7 cm³/mol. The molecule has 0 saturated carbocycles. The van der Waals surface area contributed by atoms with Crippen molar-refractivity contribution in [3.05, 3.63) is 22.8 Å². The summed E-state index contributed by atoms with van der Waals surface area (Å²) in [7, 11) is 1.50. The van der Waals surface area contributed by atoms with E-state index in [0.717, 1.165) is 0 Å². The van der Waals surface area contributed by atoms with Gasteiger partial charge in [0.05, 0.1) is 5.56 Å². The highest BCUT2D eigenvalue weighted by Gasteiger charge is 2.12. The van der Waals surface area contributed by atoms with E-state index in [1.807, 2.05) is 0 Å². The summed E-state index contributed by atoms with van der Waals surface area (Å²) in [5, 5.41) is 19.1. The second-order valence-electron chi connectivity index (χ2n) is 3.18. The molecule has 1 aromatic rings. The summed E-state index contributed by atoms with van der Waals surface area (Å²) in [5.41, 5.74) is 0.631. The highest BCUT2D eigenvalue weighted by Crippen LogP contribution is 2.31. The van der Waals surface area contributed by atoms with Gasteiger partial charge in [-0.25, -0.2) is 0 Å². The number of methoxy groups -OCH3 is 1. The van der Waals surface area contributed by atoms with Crippen molar-refractivity contribution in [3.63, 3.8) is 0 Å².